The van der Waals surface area contributed by atoms with Crippen LogP contribution in [0.5, 0.6) is 5.75 Å². The molecule has 0 saturated heterocycles. The Labute approximate surface area is 223 Å². The molecule has 198 valence electrons. The normalized spacial score (nSPS) is 11.7. The second-order valence-corrected chi connectivity index (χ2v) is 11.5. The minimum Gasteiger partial charge on any atom is -0.492 e. The highest BCUT2D eigenvalue weighted by Gasteiger charge is 2.25. The van der Waals surface area contributed by atoms with Crippen molar-refractivity contribution in [1.82, 2.24) is 14.2 Å². The molecule has 3 rings (SSSR count). The van der Waals surface area contributed by atoms with Gasteiger partial charge in [0.1, 0.15) is 11.3 Å². The third-order valence-electron chi connectivity index (χ3n) is 5.54. The highest BCUT2D eigenvalue weighted by molar-refractivity contribution is 7.89. The number of sulfonamides is 1. The van der Waals surface area contributed by atoms with E-state index >= 15 is 0 Å². The van der Waals surface area contributed by atoms with E-state index in [1.807, 2.05) is 39.2 Å². The summed E-state index contributed by atoms with van der Waals surface area (Å²) in [4.78, 5) is 22.3. The monoisotopic (exact) mass is 542 g/mol. The average Bonchev–Trinajstić information content (AvgIpc) is 3.31. The minimum absolute atomic E-state index is 0.105. The van der Waals surface area contributed by atoms with E-state index in [2.05, 4.69) is 18.1 Å². The summed E-state index contributed by atoms with van der Waals surface area (Å²) >= 11 is 1.43. The molecule has 3 aromatic rings. The number of fused-ring (bicyclic) bond motifs is 1. The molecule has 0 atom stereocenters. The van der Waals surface area contributed by atoms with Crippen molar-refractivity contribution >= 4 is 42.6 Å². The van der Waals surface area contributed by atoms with Gasteiger partial charge in [-0.3, -0.25) is 9.69 Å². The van der Waals surface area contributed by atoms with E-state index < -0.39 is 10.0 Å². The maximum atomic E-state index is 13.7. The molecule has 0 saturated carbocycles. The highest BCUT2D eigenvalue weighted by Crippen LogP contribution is 2.35. The predicted octanol–water partition coefficient (Wildman–Crippen LogP) is 4.66. The van der Waals surface area contributed by atoms with Crippen LogP contribution in [0.2, 0.25) is 0 Å². The lowest BCUT2D eigenvalue weighted by Crippen LogP contribution is -2.33. The molecule has 0 spiro atoms. The molecule has 37 heavy (non-hydrogen) atoms. The first kappa shape index (κ1) is 28.5. The minimum atomic E-state index is -3.76. The van der Waals surface area contributed by atoms with Crippen LogP contribution in [0.15, 0.2) is 72.7 Å². The van der Waals surface area contributed by atoms with Crippen LogP contribution in [0.3, 0.4) is 0 Å². The van der Waals surface area contributed by atoms with Gasteiger partial charge in [0, 0.05) is 25.2 Å². The predicted molar refractivity (Wildman–Crippen MR) is 151 cm³/mol. The van der Waals surface area contributed by atoms with Crippen LogP contribution < -0.4 is 9.64 Å². The second kappa shape index (κ2) is 13.0. The Balaban J connectivity index is 1.94. The Morgan fingerprint density at radius 3 is 2.32 bits per heavy atom. The molecule has 8 nitrogen and oxygen atoms in total. The third-order valence-corrected chi connectivity index (χ3v) is 8.43. The summed E-state index contributed by atoms with van der Waals surface area (Å²) in [7, 11) is 0.216. The third kappa shape index (κ3) is 6.84. The van der Waals surface area contributed by atoms with Gasteiger partial charge in [-0.2, -0.15) is 4.31 Å². The number of aromatic nitrogens is 1. The Bertz CT molecular complexity index is 1320. The van der Waals surface area contributed by atoms with Gasteiger partial charge in [-0.1, -0.05) is 29.6 Å². The van der Waals surface area contributed by atoms with Crippen LogP contribution in [-0.2, 0) is 10.0 Å². The summed E-state index contributed by atoms with van der Waals surface area (Å²) in [5.41, 5.74) is 1.10. The van der Waals surface area contributed by atoms with E-state index in [1.165, 1.54) is 39.9 Å². The molecule has 0 fully saturated rings. The van der Waals surface area contributed by atoms with E-state index in [4.69, 9.17) is 9.72 Å². The molecule has 1 amide bonds. The van der Waals surface area contributed by atoms with Crippen LogP contribution in [-0.4, -0.2) is 75.4 Å². The van der Waals surface area contributed by atoms with Gasteiger partial charge in [0.05, 0.1) is 16.2 Å². The molecular formula is C27H34N4O4S2. The van der Waals surface area contributed by atoms with Crippen LogP contribution in [0.1, 0.15) is 23.7 Å². The molecule has 0 unspecified atom stereocenters. The van der Waals surface area contributed by atoms with Crippen molar-refractivity contribution < 1.29 is 17.9 Å². The summed E-state index contributed by atoms with van der Waals surface area (Å²) in [6.45, 7) is 11.3. The van der Waals surface area contributed by atoms with Crippen molar-refractivity contribution in [2.75, 3.05) is 51.8 Å². The topological polar surface area (TPSA) is 83.1 Å². The number of thiazole rings is 1. The Kier molecular flexibility index (Phi) is 9.99. The molecule has 2 aromatic carbocycles. The van der Waals surface area contributed by atoms with Gasteiger partial charge in [-0.25, -0.2) is 13.4 Å². The van der Waals surface area contributed by atoms with Crippen molar-refractivity contribution in [3.8, 4) is 5.75 Å². The maximum Gasteiger partial charge on any atom is 0.260 e. The van der Waals surface area contributed by atoms with Crippen LogP contribution in [0.4, 0.5) is 5.13 Å². The number of carbonyl (C=O) groups excluding carboxylic acids is 1. The van der Waals surface area contributed by atoms with E-state index in [-0.39, 0.29) is 23.9 Å². The number of amides is 1. The van der Waals surface area contributed by atoms with Crippen molar-refractivity contribution in [2.45, 2.75) is 18.2 Å². The molecule has 0 aliphatic rings. The van der Waals surface area contributed by atoms with Crippen LogP contribution in [0.25, 0.3) is 10.2 Å². The number of anilines is 1. The first-order valence-electron chi connectivity index (χ1n) is 12.0. The van der Waals surface area contributed by atoms with Gasteiger partial charge in [-0.15, -0.1) is 13.2 Å². The van der Waals surface area contributed by atoms with Crippen LogP contribution >= 0.6 is 11.3 Å². The van der Waals surface area contributed by atoms with E-state index in [0.717, 1.165) is 23.2 Å². The van der Waals surface area contributed by atoms with Crippen LogP contribution in [0, 0.1) is 0 Å². The van der Waals surface area contributed by atoms with Crippen molar-refractivity contribution in [1.29, 1.82) is 0 Å². The van der Waals surface area contributed by atoms with Gasteiger partial charge >= 0.3 is 0 Å². The second-order valence-electron chi connectivity index (χ2n) is 8.57. The number of hydrogen-bond donors (Lipinski definition) is 0. The molecule has 0 radical (unpaired) electrons. The molecule has 0 N–H and O–H groups in total. The lowest BCUT2D eigenvalue weighted by atomic mass is 10.2. The highest BCUT2D eigenvalue weighted by atomic mass is 32.2. The van der Waals surface area contributed by atoms with Crippen molar-refractivity contribution in [2.24, 2.45) is 0 Å². The number of nitrogens with zero attached hydrogens (tertiary/aromatic N) is 4. The number of carbonyl (C=O) groups is 1. The van der Waals surface area contributed by atoms with E-state index in [9.17, 15) is 13.2 Å². The number of para-hydroxylation sites is 1. The fourth-order valence-corrected chi connectivity index (χ4v) is 6.15. The maximum absolute atomic E-state index is 13.7. The van der Waals surface area contributed by atoms with Gasteiger partial charge in [-0.05, 0) is 70.4 Å². The summed E-state index contributed by atoms with van der Waals surface area (Å²) in [6, 6.07) is 11.8. The summed E-state index contributed by atoms with van der Waals surface area (Å²) in [5.74, 6) is 0.440. The Morgan fingerprint density at radius 2 is 1.73 bits per heavy atom. The quantitative estimate of drug-likeness (QED) is 0.276. The smallest absolute Gasteiger partial charge is 0.260 e. The fourth-order valence-electron chi connectivity index (χ4n) is 3.76. The average molecular weight is 543 g/mol. The molecule has 0 aliphatic carbocycles. The standard InChI is InChI=1S/C27H34N4O4S2/c1-6-17-30(18-7-2)37(33,34)22-15-13-21(14-16-22)26(32)31(20-10-19-29(4)5)27-28-25-23(35-8-3)11-9-12-24(25)36-27/h6-7,9,11-16H,1-2,8,10,17-20H2,3-5H3. The molecule has 0 aliphatic heterocycles. The number of rotatable bonds is 14. The SMILES string of the molecule is C=CCN(CC=C)S(=O)(=O)c1ccc(C(=O)N(CCCN(C)C)c2nc3c(OCC)cccc3s2)cc1. The zero-order chi connectivity index (χ0) is 27.0. The molecule has 1 heterocycles. The molecule has 10 heteroatoms. The lowest BCUT2D eigenvalue weighted by Gasteiger charge is -2.22. The number of ether oxygens (including phenoxy) is 1. The van der Waals surface area contributed by atoms with Gasteiger partial charge in [0.2, 0.25) is 10.0 Å². The Morgan fingerprint density at radius 1 is 1.05 bits per heavy atom. The Hall–Kier alpha value is -3.05. The van der Waals surface area contributed by atoms with Crippen molar-refractivity contribution in [3.05, 3.63) is 73.3 Å². The first-order chi connectivity index (χ1) is 17.7. The van der Waals surface area contributed by atoms with E-state index in [1.54, 1.807) is 17.0 Å². The number of hydrogen-bond acceptors (Lipinski definition) is 7. The zero-order valence-corrected chi connectivity index (χ0v) is 23.2. The zero-order valence-electron chi connectivity index (χ0n) is 21.6. The molecule has 1 aromatic heterocycles. The lowest BCUT2D eigenvalue weighted by molar-refractivity contribution is 0.0986. The van der Waals surface area contributed by atoms with Gasteiger partial charge in [0.15, 0.2) is 5.13 Å². The number of benzene rings is 2. The van der Waals surface area contributed by atoms with E-state index in [0.29, 0.717) is 29.6 Å². The van der Waals surface area contributed by atoms with Gasteiger partial charge in [0.25, 0.3) is 5.91 Å². The summed E-state index contributed by atoms with van der Waals surface area (Å²) < 4.78 is 34.0. The molecule has 0 bridgehead atoms. The fraction of sp³-hybridized carbons (Fsp3) is 0.333. The molecular weight excluding hydrogens is 508 g/mol. The van der Waals surface area contributed by atoms with Crippen molar-refractivity contribution in [3.63, 3.8) is 0 Å². The summed E-state index contributed by atoms with van der Waals surface area (Å²) in [5, 5.41) is 0.575. The largest absolute Gasteiger partial charge is 0.492 e. The first-order valence-corrected chi connectivity index (χ1v) is 14.3. The summed E-state index contributed by atoms with van der Waals surface area (Å²) in [6.07, 6.45) is 3.80. The van der Waals surface area contributed by atoms with Gasteiger partial charge < -0.3 is 9.64 Å².